The summed E-state index contributed by atoms with van der Waals surface area (Å²) in [6.45, 7) is 8.03. The summed E-state index contributed by atoms with van der Waals surface area (Å²) in [6, 6.07) is 10.8. The summed E-state index contributed by atoms with van der Waals surface area (Å²) in [6.07, 6.45) is 3.71. The van der Waals surface area contributed by atoms with E-state index in [0.29, 0.717) is 6.54 Å². The molecule has 0 fully saturated rings. The quantitative estimate of drug-likeness (QED) is 0.708. The number of carbonyl (C=O) groups is 1. The van der Waals surface area contributed by atoms with Gasteiger partial charge in [-0.05, 0) is 35.4 Å². The van der Waals surface area contributed by atoms with E-state index in [1.807, 2.05) is 10.9 Å². The fourth-order valence-corrected chi connectivity index (χ4v) is 4.19. The van der Waals surface area contributed by atoms with Crippen molar-refractivity contribution in [2.45, 2.75) is 45.6 Å². The maximum absolute atomic E-state index is 12.3. The largest absolute Gasteiger partial charge is 0.349 e. The van der Waals surface area contributed by atoms with Crippen molar-refractivity contribution in [2.24, 2.45) is 0 Å². The molecule has 1 amide bonds. The average Bonchev–Trinajstić information content (AvgIpc) is 3.07. The number of carbonyl (C=O) groups excluding carboxylic acids is 1. The van der Waals surface area contributed by atoms with Crippen LogP contribution in [0, 0.1) is 0 Å². The third kappa shape index (κ3) is 2.65. The number of nitrogens with zero attached hydrogens (tertiary/aromatic N) is 3. The van der Waals surface area contributed by atoms with Crippen molar-refractivity contribution in [2.75, 3.05) is 6.54 Å². The molecule has 0 spiro atoms. The lowest BCUT2D eigenvalue weighted by atomic mass is 9.86. The van der Waals surface area contributed by atoms with Crippen molar-refractivity contribution < 1.29 is 4.79 Å². The van der Waals surface area contributed by atoms with Gasteiger partial charge in [0.05, 0.1) is 17.9 Å². The maximum atomic E-state index is 12.3. The van der Waals surface area contributed by atoms with E-state index in [4.69, 9.17) is 10.1 Å². The summed E-state index contributed by atoms with van der Waals surface area (Å²) in [5.74, 6) is -0.00417. The lowest BCUT2D eigenvalue weighted by molar-refractivity contribution is 0.0923. The highest BCUT2D eigenvalue weighted by Gasteiger charge is 2.30. The van der Waals surface area contributed by atoms with E-state index in [9.17, 15) is 4.79 Å². The summed E-state index contributed by atoms with van der Waals surface area (Å²) in [7, 11) is 0. The van der Waals surface area contributed by atoms with Gasteiger partial charge >= 0.3 is 0 Å². The Morgan fingerprint density at radius 1 is 1.11 bits per heavy atom. The molecule has 0 atom stereocenters. The highest BCUT2D eigenvalue weighted by Crippen LogP contribution is 2.37. The van der Waals surface area contributed by atoms with E-state index in [-0.39, 0.29) is 11.3 Å². The fourth-order valence-electron chi connectivity index (χ4n) is 4.19. The minimum atomic E-state index is -0.00417. The molecule has 142 valence electrons. The molecule has 0 bridgehead atoms. The average molecular weight is 372 g/mol. The zero-order valence-electron chi connectivity index (χ0n) is 16.5. The number of fused-ring (bicyclic) bond motifs is 5. The molecule has 5 rings (SSSR count). The van der Waals surface area contributed by atoms with Crippen molar-refractivity contribution in [1.29, 1.82) is 0 Å². The molecule has 2 aliphatic rings. The Bertz CT molecular complexity index is 1090. The van der Waals surface area contributed by atoms with Crippen LogP contribution in [0.15, 0.2) is 36.5 Å². The standard InChI is InChI=1S/C23H24N4O/c1-23(2,3)16-7-4-14(5-8-16)19-12-18-15(13-25-19)6-9-17-20(18)26-27-11-10-24-22(28)21(17)27/h4-5,7-8,12-13H,6,9-11H2,1-3H3,(H,24,28). The monoisotopic (exact) mass is 372 g/mol. The third-order valence-electron chi connectivity index (χ3n) is 5.81. The van der Waals surface area contributed by atoms with Crippen LogP contribution >= 0.6 is 0 Å². The Morgan fingerprint density at radius 2 is 1.89 bits per heavy atom. The first kappa shape index (κ1) is 17.2. The Hall–Kier alpha value is -2.95. The van der Waals surface area contributed by atoms with Gasteiger partial charge in [0.1, 0.15) is 5.69 Å². The molecule has 0 unspecified atom stereocenters. The van der Waals surface area contributed by atoms with Gasteiger partial charge in [-0.1, -0.05) is 45.0 Å². The van der Waals surface area contributed by atoms with Crippen LogP contribution in [0.5, 0.6) is 0 Å². The lowest BCUT2D eigenvalue weighted by Crippen LogP contribution is -2.36. The van der Waals surface area contributed by atoms with Crippen LogP contribution in [0.4, 0.5) is 0 Å². The predicted molar refractivity (Wildman–Crippen MR) is 109 cm³/mol. The Morgan fingerprint density at radius 3 is 2.64 bits per heavy atom. The second-order valence-corrected chi connectivity index (χ2v) is 8.71. The van der Waals surface area contributed by atoms with Gasteiger partial charge in [0.25, 0.3) is 5.91 Å². The first-order valence-corrected chi connectivity index (χ1v) is 9.90. The van der Waals surface area contributed by atoms with Crippen LogP contribution < -0.4 is 5.32 Å². The second kappa shape index (κ2) is 6.03. The molecule has 2 aromatic heterocycles. The molecular weight excluding hydrogens is 348 g/mol. The predicted octanol–water partition coefficient (Wildman–Crippen LogP) is 3.75. The molecule has 1 aliphatic carbocycles. The molecule has 3 aromatic rings. The van der Waals surface area contributed by atoms with E-state index in [2.05, 4.69) is 56.4 Å². The number of rotatable bonds is 1. The van der Waals surface area contributed by atoms with Gasteiger partial charge in [-0.3, -0.25) is 14.5 Å². The van der Waals surface area contributed by atoms with Gasteiger partial charge < -0.3 is 5.32 Å². The minimum absolute atomic E-state index is 0.00417. The van der Waals surface area contributed by atoms with Crippen LogP contribution in [0.2, 0.25) is 0 Å². The molecule has 3 heterocycles. The second-order valence-electron chi connectivity index (χ2n) is 8.71. The number of hydrogen-bond acceptors (Lipinski definition) is 3. The number of benzene rings is 1. The van der Waals surface area contributed by atoms with Crippen LogP contribution in [0.25, 0.3) is 22.5 Å². The highest BCUT2D eigenvalue weighted by atomic mass is 16.2. The molecule has 1 aromatic carbocycles. The van der Waals surface area contributed by atoms with E-state index in [1.54, 1.807) is 0 Å². The van der Waals surface area contributed by atoms with Crippen LogP contribution in [0.3, 0.4) is 0 Å². The maximum Gasteiger partial charge on any atom is 0.269 e. The Balaban J connectivity index is 1.59. The van der Waals surface area contributed by atoms with Crippen molar-refractivity contribution in [3.05, 3.63) is 58.9 Å². The smallest absolute Gasteiger partial charge is 0.269 e. The Labute approximate surface area is 164 Å². The number of pyridine rings is 1. The van der Waals surface area contributed by atoms with Gasteiger partial charge in [-0.25, -0.2) is 0 Å². The summed E-state index contributed by atoms with van der Waals surface area (Å²) in [4.78, 5) is 17.1. The summed E-state index contributed by atoms with van der Waals surface area (Å²) < 4.78 is 1.87. The van der Waals surface area contributed by atoms with Crippen molar-refractivity contribution in [1.82, 2.24) is 20.1 Å². The van der Waals surface area contributed by atoms with Gasteiger partial charge in [-0.15, -0.1) is 0 Å². The summed E-state index contributed by atoms with van der Waals surface area (Å²) >= 11 is 0. The van der Waals surface area contributed by atoms with Gasteiger partial charge in [0.15, 0.2) is 0 Å². The van der Waals surface area contributed by atoms with Crippen LogP contribution in [0.1, 0.15) is 48.0 Å². The Kier molecular flexibility index (Phi) is 3.69. The van der Waals surface area contributed by atoms with Crippen molar-refractivity contribution in [3.8, 4) is 22.5 Å². The molecule has 1 aliphatic heterocycles. The molecule has 1 N–H and O–H groups in total. The number of nitrogens with one attached hydrogen (secondary N) is 1. The van der Waals surface area contributed by atoms with Crippen molar-refractivity contribution >= 4 is 5.91 Å². The molecule has 0 saturated heterocycles. The molecule has 0 radical (unpaired) electrons. The van der Waals surface area contributed by atoms with E-state index < -0.39 is 0 Å². The van der Waals surface area contributed by atoms with Gasteiger partial charge in [-0.2, -0.15) is 5.10 Å². The van der Waals surface area contributed by atoms with Crippen LogP contribution in [-0.4, -0.2) is 27.2 Å². The lowest BCUT2D eigenvalue weighted by Gasteiger charge is -2.20. The molecule has 5 nitrogen and oxygen atoms in total. The van der Waals surface area contributed by atoms with Crippen molar-refractivity contribution in [3.63, 3.8) is 0 Å². The molecule has 0 saturated carbocycles. The zero-order chi connectivity index (χ0) is 19.5. The highest BCUT2D eigenvalue weighted by molar-refractivity contribution is 5.97. The van der Waals surface area contributed by atoms with Gasteiger partial charge in [0.2, 0.25) is 0 Å². The van der Waals surface area contributed by atoms with Gasteiger partial charge in [0, 0.05) is 29.4 Å². The third-order valence-corrected chi connectivity index (χ3v) is 5.81. The molecular formula is C23H24N4O. The first-order valence-electron chi connectivity index (χ1n) is 9.90. The van der Waals surface area contributed by atoms with E-state index >= 15 is 0 Å². The fraction of sp³-hybridized carbons (Fsp3) is 0.348. The first-order chi connectivity index (χ1) is 13.4. The number of aryl methyl sites for hydroxylation is 1. The molecule has 28 heavy (non-hydrogen) atoms. The summed E-state index contributed by atoms with van der Waals surface area (Å²) in [5, 5.41) is 7.73. The van der Waals surface area contributed by atoms with Crippen LogP contribution in [-0.2, 0) is 24.8 Å². The van der Waals surface area contributed by atoms with E-state index in [0.717, 1.165) is 53.2 Å². The summed E-state index contributed by atoms with van der Waals surface area (Å²) in [5.41, 5.74) is 8.57. The topological polar surface area (TPSA) is 59.8 Å². The zero-order valence-corrected chi connectivity index (χ0v) is 16.5. The van der Waals surface area contributed by atoms with E-state index in [1.165, 1.54) is 11.1 Å². The molecule has 5 heteroatoms. The normalized spacial score (nSPS) is 15.5. The minimum Gasteiger partial charge on any atom is -0.349 e. The number of aromatic nitrogens is 3. The number of amides is 1. The SMILES string of the molecule is CC(C)(C)c1ccc(-c2cc3c(cn2)CCc2c-3nn3c2C(=O)NCC3)cc1. The number of hydrogen-bond donors (Lipinski definition) is 1.